The Morgan fingerprint density at radius 3 is 2.76 bits per heavy atom. The maximum absolute atomic E-state index is 10.3. The fourth-order valence-corrected chi connectivity index (χ4v) is 8.59. The molecule has 4 aliphatic carbocycles. The van der Waals surface area contributed by atoms with E-state index in [0.29, 0.717) is 29.1 Å². The van der Waals surface area contributed by atoms with Crippen molar-refractivity contribution in [3.8, 4) is 0 Å². The molecule has 0 saturated heterocycles. The van der Waals surface area contributed by atoms with Gasteiger partial charge in [-0.25, -0.2) is 0 Å². The highest BCUT2D eigenvalue weighted by Crippen LogP contribution is 2.67. The molecule has 4 rings (SSSR count). The molecule has 9 atom stereocenters. The van der Waals surface area contributed by atoms with Gasteiger partial charge < -0.3 is 10.2 Å². The number of allylic oxidation sites excluding steroid dienone is 1. The lowest BCUT2D eigenvalue weighted by atomic mass is 9.47. The van der Waals surface area contributed by atoms with Crippen LogP contribution in [0, 0.1) is 40.4 Å². The summed E-state index contributed by atoms with van der Waals surface area (Å²) >= 11 is 0. The van der Waals surface area contributed by atoms with Crippen molar-refractivity contribution in [1.82, 2.24) is 0 Å². The smallest absolute Gasteiger partial charge is 0.0591 e. The van der Waals surface area contributed by atoms with Gasteiger partial charge in [-0.05, 0) is 112 Å². The molecule has 166 valence electrons. The molecule has 0 heterocycles. The van der Waals surface area contributed by atoms with E-state index < -0.39 is 12.5 Å². The van der Waals surface area contributed by atoms with Gasteiger partial charge in [-0.15, -0.1) is 0 Å². The molecule has 0 aromatic carbocycles. The average Bonchev–Trinajstić information content (AvgIpc) is 3.04. The van der Waals surface area contributed by atoms with E-state index in [1.165, 1.54) is 39.0 Å². The zero-order chi connectivity index (χ0) is 23.5. The number of aliphatic hydroxyl groups is 2. The molecule has 0 aliphatic heterocycles. The predicted molar refractivity (Wildman–Crippen MR) is 121 cm³/mol. The summed E-state index contributed by atoms with van der Waals surface area (Å²) in [5.74, 6) is 3.63. The Bertz CT molecular complexity index is 729. The molecular formula is C27H46O2. The maximum Gasteiger partial charge on any atom is 0.0591 e. The Labute approximate surface area is 183 Å². The second-order valence-corrected chi connectivity index (χ2v) is 12.0. The zero-order valence-electron chi connectivity index (χ0n) is 22.2. The van der Waals surface area contributed by atoms with Crippen molar-refractivity contribution in [2.24, 2.45) is 40.4 Å². The van der Waals surface area contributed by atoms with Crippen LogP contribution in [0.3, 0.4) is 0 Å². The molecule has 3 saturated carbocycles. The average molecular weight is 406 g/mol. The molecule has 3 fully saturated rings. The molecule has 2 heteroatoms. The third kappa shape index (κ3) is 3.86. The Balaban J connectivity index is 1.43. The van der Waals surface area contributed by atoms with Gasteiger partial charge in [0, 0.05) is 4.11 Å². The number of rotatable bonds is 5. The van der Waals surface area contributed by atoms with Crippen LogP contribution in [0.25, 0.3) is 0 Å². The lowest BCUT2D eigenvalue weighted by Gasteiger charge is -2.58. The Hall–Kier alpha value is -0.340. The Morgan fingerprint density at radius 1 is 1.21 bits per heavy atom. The highest BCUT2D eigenvalue weighted by Gasteiger charge is 2.59. The number of hydrogen-bond acceptors (Lipinski definition) is 2. The third-order valence-corrected chi connectivity index (χ3v) is 10.2. The standard InChI is InChI=1S/C27H46O2/c1-18(7-6-14-25(2,3)29)22-10-11-23-21-9-8-19-17-20(28)12-15-26(19,4)24(21)13-16-27(22,23)5/h8,18,20-24,28-29H,6-7,9-17H2,1-5H3/t18-,20+,21+,22-,23+,24+,26+,27-/m1/s1/i2D3/t18-,20+,21+,22-,23+,24+,25?,26+,27-. The topological polar surface area (TPSA) is 40.5 Å². The molecule has 0 spiro atoms. The molecular weight excluding hydrogens is 356 g/mol. The lowest BCUT2D eigenvalue weighted by Crippen LogP contribution is -2.50. The van der Waals surface area contributed by atoms with E-state index in [1.54, 1.807) is 5.57 Å². The van der Waals surface area contributed by atoms with Crippen molar-refractivity contribution in [2.75, 3.05) is 0 Å². The summed E-state index contributed by atoms with van der Waals surface area (Å²) in [6.07, 6.45) is 14.0. The van der Waals surface area contributed by atoms with E-state index in [1.807, 2.05) is 0 Å². The molecule has 0 aromatic heterocycles. The molecule has 29 heavy (non-hydrogen) atoms. The molecule has 2 nitrogen and oxygen atoms in total. The second kappa shape index (κ2) is 7.66. The second-order valence-electron chi connectivity index (χ2n) is 12.0. The quantitative estimate of drug-likeness (QED) is 0.512. The van der Waals surface area contributed by atoms with Crippen LogP contribution in [0.5, 0.6) is 0 Å². The van der Waals surface area contributed by atoms with Crippen molar-refractivity contribution in [3.05, 3.63) is 11.6 Å². The van der Waals surface area contributed by atoms with E-state index in [9.17, 15) is 10.2 Å². The normalized spacial score (nSPS) is 49.4. The van der Waals surface area contributed by atoms with Crippen LogP contribution in [-0.2, 0) is 0 Å². The van der Waals surface area contributed by atoms with Gasteiger partial charge in [-0.3, -0.25) is 0 Å². The van der Waals surface area contributed by atoms with Crippen molar-refractivity contribution in [2.45, 2.75) is 117 Å². The van der Waals surface area contributed by atoms with Crippen molar-refractivity contribution < 1.29 is 14.3 Å². The highest BCUT2D eigenvalue weighted by molar-refractivity contribution is 5.25. The minimum atomic E-state index is -2.31. The monoisotopic (exact) mass is 405 g/mol. The zero-order valence-corrected chi connectivity index (χ0v) is 19.2. The predicted octanol–water partition coefficient (Wildman–Crippen LogP) is 6.50. The summed E-state index contributed by atoms with van der Waals surface area (Å²) in [6, 6.07) is 0. The third-order valence-electron chi connectivity index (χ3n) is 10.2. The van der Waals surface area contributed by atoms with Crippen LogP contribution in [0.4, 0.5) is 0 Å². The molecule has 0 radical (unpaired) electrons. The van der Waals surface area contributed by atoms with Crippen LogP contribution in [0.1, 0.15) is 109 Å². The lowest BCUT2D eigenvalue weighted by molar-refractivity contribution is -0.0575. The van der Waals surface area contributed by atoms with E-state index in [4.69, 9.17) is 4.11 Å². The summed E-state index contributed by atoms with van der Waals surface area (Å²) in [4.78, 5) is 0. The molecule has 0 bridgehead atoms. The van der Waals surface area contributed by atoms with Gasteiger partial charge >= 0.3 is 0 Å². The first-order chi connectivity index (χ1) is 14.8. The summed E-state index contributed by atoms with van der Waals surface area (Å²) in [5.41, 5.74) is 0.657. The fraction of sp³-hybridized carbons (Fsp3) is 0.926. The molecule has 0 amide bonds. The van der Waals surface area contributed by atoms with E-state index >= 15 is 0 Å². The first-order valence-corrected chi connectivity index (χ1v) is 12.4. The molecule has 1 unspecified atom stereocenters. The summed E-state index contributed by atoms with van der Waals surface area (Å²) in [7, 11) is 0. The van der Waals surface area contributed by atoms with Gasteiger partial charge in [0.25, 0.3) is 0 Å². The van der Waals surface area contributed by atoms with E-state index in [2.05, 4.69) is 26.8 Å². The fourth-order valence-electron chi connectivity index (χ4n) is 8.59. The van der Waals surface area contributed by atoms with Crippen molar-refractivity contribution in [3.63, 3.8) is 0 Å². The molecule has 0 aromatic rings. The first-order valence-electron chi connectivity index (χ1n) is 13.9. The van der Waals surface area contributed by atoms with Gasteiger partial charge in [0.05, 0.1) is 11.7 Å². The minimum Gasteiger partial charge on any atom is -0.393 e. The van der Waals surface area contributed by atoms with Gasteiger partial charge in [0.2, 0.25) is 0 Å². The largest absolute Gasteiger partial charge is 0.393 e. The summed E-state index contributed by atoms with van der Waals surface area (Å²) < 4.78 is 22.7. The summed E-state index contributed by atoms with van der Waals surface area (Å²) in [5, 5.41) is 20.6. The van der Waals surface area contributed by atoms with Crippen LogP contribution < -0.4 is 0 Å². The number of aliphatic hydroxyl groups excluding tert-OH is 1. The Kier molecular flexibility index (Phi) is 4.82. The molecule has 4 aliphatic rings. The highest BCUT2D eigenvalue weighted by atomic mass is 16.3. The van der Waals surface area contributed by atoms with Crippen molar-refractivity contribution >= 4 is 0 Å². The van der Waals surface area contributed by atoms with Gasteiger partial charge in [0.15, 0.2) is 0 Å². The van der Waals surface area contributed by atoms with Crippen LogP contribution in [0.15, 0.2) is 11.6 Å². The number of fused-ring (bicyclic) bond motifs is 5. The number of hydrogen-bond donors (Lipinski definition) is 2. The van der Waals surface area contributed by atoms with Gasteiger partial charge in [-0.1, -0.05) is 45.3 Å². The van der Waals surface area contributed by atoms with E-state index in [-0.39, 0.29) is 6.10 Å². The van der Waals surface area contributed by atoms with Crippen LogP contribution >= 0.6 is 0 Å². The van der Waals surface area contributed by atoms with Crippen molar-refractivity contribution in [1.29, 1.82) is 0 Å². The Morgan fingerprint density at radius 2 is 2.00 bits per heavy atom. The minimum absolute atomic E-state index is 0.137. The van der Waals surface area contributed by atoms with Crippen LogP contribution in [-0.4, -0.2) is 21.9 Å². The van der Waals surface area contributed by atoms with Crippen LogP contribution in [0.2, 0.25) is 0 Å². The SMILES string of the molecule is [2H]C([2H])([2H])C(C)(O)CCC[C@@H](C)[C@H]1CC[C@H]2[C@@H]3CC=C4C[C@@H](O)CC[C@]4(C)[C@H]3CC[C@]12C. The van der Waals surface area contributed by atoms with Gasteiger partial charge in [0.1, 0.15) is 0 Å². The maximum atomic E-state index is 10.3. The van der Waals surface area contributed by atoms with E-state index in [0.717, 1.165) is 49.9 Å². The van der Waals surface area contributed by atoms with Gasteiger partial charge in [-0.2, -0.15) is 0 Å². The summed E-state index contributed by atoms with van der Waals surface area (Å²) in [6.45, 7) is 6.59. The first kappa shape index (κ1) is 18.3. The molecule has 2 N–H and O–H groups in total.